The quantitative estimate of drug-likeness (QED) is 0.659. The van der Waals surface area contributed by atoms with Crippen molar-refractivity contribution in [1.29, 1.82) is 0 Å². The molecule has 0 aromatic carbocycles. The molecule has 7 nitrogen and oxygen atoms in total. The monoisotopic (exact) mass is 392 g/mol. The summed E-state index contributed by atoms with van der Waals surface area (Å²) < 4.78 is 1.65. The van der Waals surface area contributed by atoms with Crippen LogP contribution in [0.1, 0.15) is 78.8 Å². The first-order chi connectivity index (χ1) is 14.0. The second kappa shape index (κ2) is 7.89. The van der Waals surface area contributed by atoms with Crippen LogP contribution in [0.3, 0.4) is 0 Å². The van der Waals surface area contributed by atoms with E-state index in [0.717, 1.165) is 49.2 Å². The summed E-state index contributed by atoms with van der Waals surface area (Å²) in [5.41, 5.74) is 4.04. The molecule has 1 aliphatic rings. The van der Waals surface area contributed by atoms with E-state index in [-0.39, 0.29) is 23.8 Å². The molecule has 1 atom stereocenters. The number of rotatable bonds is 5. The number of nitrogens with zero attached hydrogens (tertiary/aromatic N) is 6. The number of amides is 1. The summed E-state index contributed by atoms with van der Waals surface area (Å²) in [6.07, 6.45) is 6.56. The molecule has 0 unspecified atom stereocenters. The lowest BCUT2D eigenvalue weighted by molar-refractivity contribution is 0.0507. The molecule has 0 aliphatic heterocycles. The molecule has 3 aromatic heterocycles. The predicted molar refractivity (Wildman–Crippen MR) is 111 cm³/mol. The minimum Gasteiger partial charge on any atom is -0.324 e. The maximum atomic E-state index is 13.7. The first kappa shape index (κ1) is 19.5. The molecule has 0 N–H and O–H groups in total. The lowest BCUT2D eigenvalue weighted by Crippen LogP contribution is -2.44. The van der Waals surface area contributed by atoms with Gasteiger partial charge in [0.25, 0.3) is 11.7 Å². The van der Waals surface area contributed by atoms with E-state index < -0.39 is 0 Å². The maximum Gasteiger partial charge on any atom is 0.294 e. The fourth-order valence-corrected chi connectivity index (χ4v) is 4.47. The molecule has 3 heterocycles. The second-order valence-corrected chi connectivity index (χ2v) is 7.82. The number of aryl methyl sites for hydroxylation is 3. The van der Waals surface area contributed by atoms with E-state index in [1.165, 1.54) is 5.56 Å². The summed E-state index contributed by atoms with van der Waals surface area (Å²) in [5, 5.41) is 4.51. The van der Waals surface area contributed by atoms with Crippen molar-refractivity contribution in [2.24, 2.45) is 0 Å². The van der Waals surface area contributed by atoms with Crippen LogP contribution >= 0.6 is 0 Å². The Morgan fingerprint density at radius 1 is 1.28 bits per heavy atom. The third kappa shape index (κ3) is 3.50. The van der Waals surface area contributed by atoms with Crippen LogP contribution in [0, 0.1) is 13.8 Å². The molecule has 0 fully saturated rings. The van der Waals surface area contributed by atoms with Gasteiger partial charge < -0.3 is 4.90 Å². The zero-order chi connectivity index (χ0) is 20.5. The summed E-state index contributed by atoms with van der Waals surface area (Å²) in [6, 6.07) is 6.12. The van der Waals surface area contributed by atoms with Crippen molar-refractivity contribution < 1.29 is 4.79 Å². The summed E-state index contributed by atoms with van der Waals surface area (Å²) in [6.45, 7) is 8.13. The lowest BCUT2D eigenvalue weighted by atomic mass is 9.89. The van der Waals surface area contributed by atoms with E-state index >= 15 is 0 Å². The van der Waals surface area contributed by atoms with E-state index in [1.54, 1.807) is 4.52 Å². The van der Waals surface area contributed by atoms with Crippen molar-refractivity contribution in [3.8, 4) is 0 Å². The fourth-order valence-electron chi connectivity index (χ4n) is 4.47. The molecule has 152 valence electrons. The van der Waals surface area contributed by atoms with Gasteiger partial charge in [0, 0.05) is 23.6 Å². The number of hydrogen-bond acceptors (Lipinski definition) is 5. The Bertz CT molecular complexity index is 1040. The zero-order valence-corrected chi connectivity index (χ0v) is 17.6. The van der Waals surface area contributed by atoms with Gasteiger partial charge in [-0.1, -0.05) is 19.9 Å². The van der Waals surface area contributed by atoms with Crippen molar-refractivity contribution in [2.75, 3.05) is 0 Å². The van der Waals surface area contributed by atoms with Gasteiger partial charge in [-0.25, -0.2) is 9.50 Å². The smallest absolute Gasteiger partial charge is 0.294 e. The molecule has 4 rings (SSSR count). The van der Waals surface area contributed by atoms with E-state index in [1.807, 2.05) is 37.1 Å². The summed E-state index contributed by atoms with van der Waals surface area (Å²) >= 11 is 0. The Balaban J connectivity index is 1.79. The van der Waals surface area contributed by atoms with E-state index in [2.05, 4.69) is 40.0 Å². The third-order valence-electron chi connectivity index (χ3n) is 5.88. The van der Waals surface area contributed by atoms with Crippen LogP contribution < -0.4 is 0 Å². The molecule has 1 aliphatic carbocycles. The van der Waals surface area contributed by atoms with Gasteiger partial charge in [-0.05, 0) is 63.6 Å². The number of carbonyl (C=O) groups excluding carboxylic acids is 1. The van der Waals surface area contributed by atoms with E-state index in [9.17, 15) is 4.79 Å². The SMILES string of the molecule is CCC(CC)N(C(=O)c1nc2nc(C)cc(C)n2n1)[C@@H]1CCCc2cccnc21. The van der Waals surface area contributed by atoms with Gasteiger partial charge in [0.15, 0.2) is 0 Å². The normalized spacial score (nSPS) is 16.2. The van der Waals surface area contributed by atoms with Crippen LogP contribution in [0.15, 0.2) is 24.4 Å². The molecule has 29 heavy (non-hydrogen) atoms. The Labute approximate surface area is 171 Å². The third-order valence-corrected chi connectivity index (χ3v) is 5.88. The molecular weight excluding hydrogens is 364 g/mol. The maximum absolute atomic E-state index is 13.7. The standard InChI is InChI=1S/C22H28N6O/c1-5-17(6-2)27(18-11-7-9-16-10-8-12-23-19(16)18)21(29)20-25-22-24-14(3)13-15(4)28(22)26-20/h8,10,12-13,17-18H,5-7,9,11H2,1-4H3/t18-/m1/s1. The van der Waals surface area contributed by atoms with Crippen LogP contribution in [0.2, 0.25) is 0 Å². The number of hydrogen-bond donors (Lipinski definition) is 0. The molecule has 1 amide bonds. The van der Waals surface area contributed by atoms with Crippen LogP contribution in [0.4, 0.5) is 0 Å². The number of pyridine rings is 1. The second-order valence-electron chi connectivity index (χ2n) is 7.82. The topological polar surface area (TPSA) is 76.3 Å². The highest BCUT2D eigenvalue weighted by atomic mass is 16.2. The Morgan fingerprint density at radius 3 is 2.83 bits per heavy atom. The average molecular weight is 393 g/mol. The average Bonchev–Trinajstić information content (AvgIpc) is 3.16. The van der Waals surface area contributed by atoms with Crippen molar-refractivity contribution in [2.45, 2.75) is 71.9 Å². The van der Waals surface area contributed by atoms with Crippen LogP contribution in [-0.4, -0.2) is 41.4 Å². The predicted octanol–water partition coefficient (Wildman–Crippen LogP) is 3.84. The van der Waals surface area contributed by atoms with Crippen molar-refractivity contribution in [1.82, 2.24) is 29.5 Å². The summed E-state index contributed by atoms with van der Waals surface area (Å²) in [5.74, 6) is 0.545. The largest absolute Gasteiger partial charge is 0.324 e. The number of carbonyl (C=O) groups is 1. The summed E-state index contributed by atoms with van der Waals surface area (Å²) in [7, 11) is 0. The zero-order valence-electron chi connectivity index (χ0n) is 17.6. The van der Waals surface area contributed by atoms with Gasteiger partial charge >= 0.3 is 0 Å². The van der Waals surface area contributed by atoms with Crippen molar-refractivity contribution in [3.05, 3.63) is 52.9 Å². The van der Waals surface area contributed by atoms with E-state index in [0.29, 0.717) is 5.78 Å². The lowest BCUT2D eigenvalue weighted by Gasteiger charge is -2.39. The number of aromatic nitrogens is 5. The molecule has 0 radical (unpaired) electrons. The molecule has 0 saturated carbocycles. The minimum absolute atomic E-state index is 0.0419. The Kier molecular flexibility index (Phi) is 5.30. The van der Waals surface area contributed by atoms with Gasteiger partial charge in [0.2, 0.25) is 5.82 Å². The van der Waals surface area contributed by atoms with Gasteiger partial charge in [-0.15, -0.1) is 5.10 Å². The van der Waals surface area contributed by atoms with Crippen molar-refractivity contribution >= 4 is 11.7 Å². The Morgan fingerprint density at radius 2 is 2.07 bits per heavy atom. The van der Waals surface area contributed by atoms with Gasteiger partial charge in [0.05, 0.1) is 11.7 Å². The van der Waals surface area contributed by atoms with Gasteiger partial charge in [-0.2, -0.15) is 4.98 Å². The van der Waals surface area contributed by atoms with Crippen LogP contribution in [0.5, 0.6) is 0 Å². The van der Waals surface area contributed by atoms with E-state index in [4.69, 9.17) is 0 Å². The molecule has 7 heteroatoms. The molecule has 0 saturated heterocycles. The highest BCUT2D eigenvalue weighted by Crippen LogP contribution is 2.36. The first-order valence-electron chi connectivity index (χ1n) is 10.5. The van der Waals surface area contributed by atoms with Crippen LogP contribution in [-0.2, 0) is 6.42 Å². The van der Waals surface area contributed by atoms with Gasteiger partial charge in [-0.3, -0.25) is 9.78 Å². The first-order valence-corrected chi connectivity index (χ1v) is 10.5. The summed E-state index contributed by atoms with van der Waals surface area (Å²) in [4.78, 5) is 29.3. The van der Waals surface area contributed by atoms with Gasteiger partial charge in [0.1, 0.15) is 0 Å². The highest BCUT2D eigenvalue weighted by molar-refractivity contribution is 5.91. The van der Waals surface area contributed by atoms with Crippen LogP contribution in [0.25, 0.3) is 5.78 Å². The molecule has 3 aromatic rings. The fraction of sp³-hybridized carbons (Fsp3) is 0.500. The molecular formula is C22H28N6O. The molecule has 0 spiro atoms. The number of fused-ring (bicyclic) bond motifs is 2. The minimum atomic E-state index is -0.134. The Hall–Kier alpha value is -2.83. The highest BCUT2D eigenvalue weighted by Gasteiger charge is 2.36. The van der Waals surface area contributed by atoms with Crippen molar-refractivity contribution in [3.63, 3.8) is 0 Å². The molecule has 0 bridgehead atoms.